The highest BCUT2D eigenvalue weighted by Crippen LogP contribution is 2.01. The lowest BCUT2D eigenvalue weighted by Gasteiger charge is -2.27. The van der Waals surface area contributed by atoms with Crippen LogP contribution in [0.4, 0.5) is 0 Å². The van der Waals surface area contributed by atoms with Crippen molar-refractivity contribution in [3.63, 3.8) is 0 Å². The SMILES string of the molecule is C.CC.CCN1CCCCN(C)CC1. The molecular weight excluding hydrogens is 172 g/mol. The van der Waals surface area contributed by atoms with Gasteiger partial charge in [-0.1, -0.05) is 28.2 Å². The van der Waals surface area contributed by atoms with Crippen LogP contribution in [0.3, 0.4) is 0 Å². The predicted molar refractivity (Wildman–Crippen MR) is 66.9 cm³/mol. The minimum atomic E-state index is 0. The van der Waals surface area contributed by atoms with Gasteiger partial charge in [0, 0.05) is 13.1 Å². The fourth-order valence-corrected chi connectivity index (χ4v) is 1.57. The number of nitrogens with zero attached hydrogens (tertiary/aromatic N) is 2. The van der Waals surface area contributed by atoms with Crippen LogP contribution in [0.15, 0.2) is 0 Å². The molecule has 1 saturated heterocycles. The molecule has 0 radical (unpaired) electrons. The molecule has 1 aliphatic heterocycles. The maximum atomic E-state index is 2.54. The van der Waals surface area contributed by atoms with Crippen LogP contribution in [0, 0.1) is 0 Å². The summed E-state index contributed by atoms with van der Waals surface area (Å²) in [6, 6.07) is 0. The molecule has 1 fully saturated rings. The lowest BCUT2D eigenvalue weighted by Crippen LogP contribution is -2.36. The van der Waals surface area contributed by atoms with E-state index in [1.165, 1.54) is 45.6 Å². The zero-order valence-corrected chi connectivity index (χ0v) is 9.84. The molecule has 1 rings (SSSR count). The lowest BCUT2D eigenvalue weighted by atomic mass is 10.2. The summed E-state index contributed by atoms with van der Waals surface area (Å²) < 4.78 is 0. The number of hydrogen-bond acceptors (Lipinski definition) is 2. The van der Waals surface area contributed by atoms with Crippen LogP contribution in [-0.4, -0.2) is 49.6 Å². The first kappa shape index (κ1) is 16.4. The predicted octanol–water partition coefficient (Wildman–Crippen LogP) is 2.70. The van der Waals surface area contributed by atoms with E-state index in [0.29, 0.717) is 0 Å². The first-order valence-electron chi connectivity index (χ1n) is 5.74. The third-order valence-electron chi connectivity index (χ3n) is 2.51. The zero-order valence-electron chi connectivity index (χ0n) is 9.84. The van der Waals surface area contributed by atoms with Crippen molar-refractivity contribution >= 4 is 0 Å². The summed E-state index contributed by atoms with van der Waals surface area (Å²) in [5.41, 5.74) is 0. The van der Waals surface area contributed by atoms with Crippen molar-refractivity contribution in [3.05, 3.63) is 0 Å². The largest absolute Gasteiger partial charge is 0.305 e. The van der Waals surface area contributed by atoms with E-state index in [-0.39, 0.29) is 7.43 Å². The summed E-state index contributed by atoms with van der Waals surface area (Å²) >= 11 is 0. The first-order chi connectivity index (χ1) is 6.33. The summed E-state index contributed by atoms with van der Waals surface area (Å²) in [5.74, 6) is 0. The van der Waals surface area contributed by atoms with E-state index in [1.54, 1.807) is 0 Å². The van der Waals surface area contributed by atoms with E-state index in [9.17, 15) is 0 Å². The Morgan fingerprint density at radius 1 is 0.929 bits per heavy atom. The molecule has 0 aliphatic carbocycles. The standard InChI is InChI=1S/C9H20N2.C2H6.CH4/c1-3-11-7-5-4-6-10(2)8-9-11;1-2;/h3-9H2,1-2H3;1-2H3;1H4. The topological polar surface area (TPSA) is 6.48 Å². The van der Waals surface area contributed by atoms with Crippen LogP contribution in [0.1, 0.15) is 41.0 Å². The van der Waals surface area contributed by atoms with Crippen molar-refractivity contribution in [2.45, 2.75) is 41.0 Å². The van der Waals surface area contributed by atoms with Crippen LogP contribution < -0.4 is 0 Å². The normalized spacial score (nSPS) is 19.7. The Hall–Kier alpha value is -0.0800. The smallest absolute Gasteiger partial charge is 0.0109 e. The number of rotatable bonds is 1. The van der Waals surface area contributed by atoms with Gasteiger partial charge in [-0.3, -0.25) is 0 Å². The second-order valence-corrected chi connectivity index (χ2v) is 3.44. The highest BCUT2D eigenvalue weighted by molar-refractivity contribution is 4.63. The molecule has 1 aliphatic rings. The van der Waals surface area contributed by atoms with E-state index >= 15 is 0 Å². The fourth-order valence-electron chi connectivity index (χ4n) is 1.57. The van der Waals surface area contributed by atoms with Gasteiger partial charge in [-0.15, -0.1) is 0 Å². The molecule has 0 aromatic rings. The van der Waals surface area contributed by atoms with Crippen molar-refractivity contribution in [2.75, 3.05) is 39.8 Å². The second-order valence-electron chi connectivity index (χ2n) is 3.44. The monoisotopic (exact) mass is 202 g/mol. The average Bonchev–Trinajstić information content (AvgIpc) is 2.16. The van der Waals surface area contributed by atoms with Crippen LogP contribution in [0.5, 0.6) is 0 Å². The first-order valence-corrected chi connectivity index (χ1v) is 5.74. The molecule has 2 heteroatoms. The molecule has 1 heterocycles. The van der Waals surface area contributed by atoms with Gasteiger partial charge in [0.05, 0.1) is 0 Å². The lowest BCUT2D eigenvalue weighted by molar-refractivity contribution is 0.201. The summed E-state index contributed by atoms with van der Waals surface area (Å²) in [6.45, 7) is 12.6. The molecule has 0 N–H and O–H groups in total. The highest BCUT2D eigenvalue weighted by Gasteiger charge is 2.07. The van der Waals surface area contributed by atoms with Gasteiger partial charge < -0.3 is 9.80 Å². The second kappa shape index (κ2) is 11.0. The Balaban J connectivity index is 0. The summed E-state index contributed by atoms with van der Waals surface area (Å²) in [7, 11) is 2.22. The molecule has 0 aromatic heterocycles. The minimum Gasteiger partial charge on any atom is -0.305 e. The highest BCUT2D eigenvalue weighted by atomic mass is 15.2. The van der Waals surface area contributed by atoms with Crippen LogP contribution in [0.2, 0.25) is 0 Å². The Morgan fingerprint density at radius 3 is 2.07 bits per heavy atom. The zero-order chi connectivity index (χ0) is 10.1. The van der Waals surface area contributed by atoms with Gasteiger partial charge in [0.25, 0.3) is 0 Å². The number of likely N-dealkylation sites (N-methyl/N-ethyl adjacent to an activating group) is 2. The van der Waals surface area contributed by atoms with E-state index in [0.717, 1.165) is 0 Å². The van der Waals surface area contributed by atoms with Crippen molar-refractivity contribution in [1.82, 2.24) is 9.80 Å². The van der Waals surface area contributed by atoms with Crippen molar-refractivity contribution in [2.24, 2.45) is 0 Å². The number of hydrogen-bond donors (Lipinski definition) is 0. The summed E-state index contributed by atoms with van der Waals surface area (Å²) in [5, 5.41) is 0. The Bertz CT molecular complexity index is 104. The van der Waals surface area contributed by atoms with Crippen LogP contribution >= 0.6 is 0 Å². The molecule has 0 unspecified atom stereocenters. The molecule has 88 valence electrons. The molecule has 0 aromatic carbocycles. The van der Waals surface area contributed by atoms with Crippen molar-refractivity contribution < 1.29 is 0 Å². The molecule has 0 amide bonds. The van der Waals surface area contributed by atoms with Gasteiger partial charge in [-0.25, -0.2) is 0 Å². The maximum absolute atomic E-state index is 2.54. The molecule has 0 saturated carbocycles. The summed E-state index contributed by atoms with van der Waals surface area (Å²) in [6.07, 6.45) is 2.74. The van der Waals surface area contributed by atoms with Gasteiger partial charge in [-0.05, 0) is 39.5 Å². The molecule has 0 atom stereocenters. The Kier molecular flexibility index (Phi) is 12.8. The average molecular weight is 202 g/mol. The van der Waals surface area contributed by atoms with E-state index in [4.69, 9.17) is 0 Å². The molecule has 0 spiro atoms. The molecule has 2 nitrogen and oxygen atoms in total. The van der Waals surface area contributed by atoms with Gasteiger partial charge >= 0.3 is 0 Å². The van der Waals surface area contributed by atoms with Crippen molar-refractivity contribution in [1.29, 1.82) is 0 Å². The quantitative estimate of drug-likeness (QED) is 0.645. The van der Waals surface area contributed by atoms with Gasteiger partial charge in [0.2, 0.25) is 0 Å². The Labute approximate surface area is 91.3 Å². The van der Waals surface area contributed by atoms with Crippen LogP contribution in [0.25, 0.3) is 0 Å². The van der Waals surface area contributed by atoms with Gasteiger partial charge in [-0.2, -0.15) is 0 Å². The Morgan fingerprint density at radius 2 is 1.50 bits per heavy atom. The van der Waals surface area contributed by atoms with E-state index in [1.807, 2.05) is 13.8 Å². The van der Waals surface area contributed by atoms with E-state index < -0.39 is 0 Å². The van der Waals surface area contributed by atoms with Crippen molar-refractivity contribution in [3.8, 4) is 0 Å². The third-order valence-corrected chi connectivity index (χ3v) is 2.51. The van der Waals surface area contributed by atoms with E-state index in [2.05, 4.69) is 23.8 Å². The van der Waals surface area contributed by atoms with Gasteiger partial charge in [0.1, 0.15) is 0 Å². The molecule has 14 heavy (non-hydrogen) atoms. The fraction of sp³-hybridized carbons (Fsp3) is 1.00. The summed E-state index contributed by atoms with van der Waals surface area (Å²) in [4.78, 5) is 4.97. The maximum Gasteiger partial charge on any atom is 0.0109 e. The van der Waals surface area contributed by atoms with Gasteiger partial charge in [0.15, 0.2) is 0 Å². The third kappa shape index (κ3) is 7.34. The molecule has 0 bridgehead atoms. The molecular formula is C12H30N2. The van der Waals surface area contributed by atoms with Crippen LogP contribution in [-0.2, 0) is 0 Å². The minimum absolute atomic E-state index is 0.